The highest BCUT2D eigenvalue weighted by Crippen LogP contribution is 2.28. The summed E-state index contributed by atoms with van der Waals surface area (Å²) in [5, 5.41) is 0. The molecule has 1 fully saturated rings. The van der Waals surface area contributed by atoms with Crippen molar-refractivity contribution in [2.75, 3.05) is 44.7 Å². The first-order chi connectivity index (χ1) is 19.6. The Hall–Kier alpha value is -4.46. The SMILES string of the molecule is CCCN(Cc1cccn1Cc1ccc(C(=O)N2CCN(c3ccccc3OC)CC2)o1)C(=O)c1ccccc1. The van der Waals surface area contributed by atoms with E-state index in [1.54, 1.807) is 13.2 Å². The number of methoxy groups -OCH3 is 1. The van der Waals surface area contributed by atoms with Gasteiger partial charge < -0.3 is 28.4 Å². The van der Waals surface area contributed by atoms with Gasteiger partial charge in [0.05, 0.1) is 25.9 Å². The molecule has 0 radical (unpaired) electrons. The third-order valence-corrected chi connectivity index (χ3v) is 7.27. The molecule has 1 aliphatic heterocycles. The van der Waals surface area contributed by atoms with E-state index in [4.69, 9.17) is 9.15 Å². The first-order valence-electron chi connectivity index (χ1n) is 13.8. The maximum absolute atomic E-state index is 13.2. The number of piperazine rings is 1. The third-order valence-electron chi connectivity index (χ3n) is 7.27. The second-order valence-corrected chi connectivity index (χ2v) is 9.94. The van der Waals surface area contributed by atoms with Crippen LogP contribution in [0.15, 0.2) is 89.5 Å². The van der Waals surface area contributed by atoms with Gasteiger partial charge in [-0.3, -0.25) is 9.59 Å². The van der Waals surface area contributed by atoms with E-state index in [0.717, 1.165) is 36.6 Å². The predicted octanol–water partition coefficient (Wildman–Crippen LogP) is 5.15. The number of anilines is 1. The Labute approximate surface area is 235 Å². The van der Waals surface area contributed by atoms with E-state index in [0.29, 0.717) is 49.8 Å². The maximum atomic E-state index is 13.2. The van der Waals surface area contributed by atoms with Gasteiger partial charge in [-0.25, -0.2) is 0 Å². The number of hydrogen-bond donors (Lipinski definition) is 0. The van der Waals surface area contributed by atoms with Crippen molar-refractivity contribution >= 4 is 17.5 Å². The van der Waals surface area contributed by atoms with Crippen LogP contribution in [0.4, 0.5) is 5.69 Å². The van der Waals surface area contributed by atoms with E-state index in [1.165, 1.54) is 0 Å². The third kappa shape index (κ3) is 6.06. The van der Waals surface area contributed by atoms with Gasteiger partial charge >= 0.3 is 0 Å². The van der Waals surface area contributed by atoms with Gasteiger partial charge in [-0.1, -0.05) is 37.3 Å². The lowest BCUT2D eigenvalue weighted by Crippen LogP contribution is -2.48. The Balaban J connectivity index is 1.21. The topological polar surface area (TPSA) is 71.2 Å². The van der Waals surface area contributed by atoms with Crippen LogP contribution < -0.4 is 9.64 Å². The highest BCUT2D eigenvalue weighted by Gasteiger charge is 2.26. The van der Waals surface area contributed by atoms with Gasteiger partial charge in [0, 0.05) is 50.2 Å². The molecule has 2 aromatic carbocycles. The Morgan fingerprint density at radius 3 is 2.40 bits per heavy atom. The molecule has 40 heavy (non-hydrogen) atoms. The number of carbonyl (C=O) groups excluding carboxylic acids is 2. The highest BCUT2D eigenvalue weighted by atomic mass is 16.5. The molecule has 0 atom stereocenters. The first kappa shape index (κ1) is 27.1. The van der Waals surface area contributed by atoms with Crippen molar-refractivity contribution in [3.05, 3.63) is 108 Å². The molecular formula is C32H36N4O4. The number of nitrogens with zero attached hydrogens (tertiary/aromatic N) is 4. The van der Waals surface area contributed by atoms with Crippen molar-refractivity contribution in [3.8, 4) is 5.75 Å². The van der Waals surface area contributed by atoms with Crippen molar-refractivity contribution in [1.29, 1.82) is 0 Å². The standard InChI is InChI=1S/C32H36N4O4/c1-3-17-36(31(37)25-10-5-4-6-11-25)23-26-12-9-18-35(26)24-27-15-16-30(40-27)32(38)34-21-19-33(20-22-34)28-13-7-8-14-29(28)39-2/h4-16,18H,3,17,19-24H2,1-2H3. The van der Waals surface area contributed by atoms with Crippen LogP contribution in [0.2, 0.25) is 0 Å². The Morgan fingerprint density at radius 2 is 1.65 bits per heavy atom. The molecule has 208 valence electrons. The number of para-hydroxylation sites is 2. The lowest BCUT2D eigenvalue weighted by atomic mass is 10.2. The fourth-order valence-corrected chi connectivity index (χ4v) is 5.17. The number of hydrogen-bond acceptors (Lipinski definition) is 5. The second kappa shape index (κ2) is 12.6. The second-order valence-electron chi connectivity index (χ2n) is 9.94. The summed E-state index contributed by atoms with van der Waals surface area (Å²) in [6.45, 7) is 6.39. The highest BCUT2D eigenvalue weighted by molar-refractivity contribution is 5.94. The number of furan rings is 1. The zero-order valence-corrected chi connectivity index (χ0v) is 23.2. The summed E-state index contributed by atoms with van der Waals surface area (Å²) in [5.74, 6) is 1.81. The van der Waals surface area contributed by atoms with Crippen molar-refractivity contribution in [2.45, 2.75) is 26.4 Å². The Kier molecular flexibility index (Phi) is 8.54. The monoisotopic (exact) mass is 540 g/mol. The van der Waals surface area contributed by atoms with Crippen LogP contribution in [0.25, 0.3) is 0 Å². The molecular weight excluding hydrogens is 504 g/mol. The van der Waals surface area contributed by atoms with Crippen LogP contribution >= 0.6 is 0 Å². The number of aromatic nitrogens is 1. The minimum Gasteiger partial charge on any atom is -0.495 e. The lowest BCUT2D eigenvalue weighted by Gasteiger charge is -2.36. The number of carbonyl (C=O) groups is 2. The first-order valence-corrected chi connectivity index (χ1v) is 13.8. The number of ether oxygens (including phenoxy) is 1. The average molecular weight is 541 g/mol. The molecule has 3 heterocycles. The van der Waals surface area contributed by atoms with E-state index in [9.17, 15) is 9.59 Å². The molecule has 5 rings (SSSR count). The smallest absolute Gasteiger partial charge is 0.289 e. The molecule has 0 aliphatic carbocycles. The van der Waals surface area contributed by atoms with Crippen molar-refractivity contribution in [1.82, 2.24) is 14.4 Å². The van der Waals surface area contributed by atoms with Crippen LogP contribution in [-0.2, 0) is 13.1 Å². The Bertz CT molecular complexity index is 1420. The van der Waals surface area contributed by atoms with Gasteiger partial charge in [0.1, 0.15) is 11.5 Å². The van der Waals surface area contributed by atoms with Crippen LogP contribution in [0.3, 0.4) is 0 Å². The summed E-state index contributed by atoms with van der Waals surface area (Å²) >= 11 is 0. The average Bonchev–Trinajstić information content (AvgIpc) is 3.66. The summed E-state index contributed by atoms with van der Waals surface area (Å²) in [6, 6.07) is 25.0. The Morgan fingerprint density at radius 1 is 0.900 bits per heavy atom. The van der Waals surface area contributed by atoms with Crippen LogP contribution in [0, 0.1) is 0 Å². The summed E-state index contributed by atoms with van der Waals surface area (Å²) in [7, 11) is 1.68. The quantitative estimate of drug-likeness (QED) is 0.278. The fraction of sp³-hybridized carbons (Fsp3) is 0.312. The molecule has 0 saturated carbocycles. The van der Waals surface area contributed by atoms with Gasteiger partial charge in [0.2, 0.25) is 0 Å². The summed E-state index contributed by atoms with van der Waals surface area (Å²) < 4.78 is 13.6. The molecule has 2 amide bonds. The van der Waals surface area contributed by atoms with E-state index in [2.05, 4.69) is 16.4 Å². The van der Waals surface area contributed by atoms with Gasteiger partial charge in [0.25, 0.3) is 11.8 Å². The molecule has 8 heteroatoms. The van der Waals surface area contributed by atoms with Gasteiger partial charge in [-0.2, -0.15) is 0 Å². The molecule has 2 aromatic heterocycles. The van der Waals surface area contributed by atoms with Crippen LogP contribution in [0.1, 0.15) is 45.7 Å². The molecule has 4 aromatic rings. The number of benzene rings is 2. The maximum Gasteiger partial charge on any atom is 0.289 e. The molecule has 8 nitrogen and oxygen atoms in total. The minimum atomic E-state index is -0.0961. The zero-order valence-electron chi connectivity index (χ0n) is 23.2. The van der Waals surface area contributed by atoms with Crippen molar-refractivity contribution in [3.63, 3.8) is 0 Å². The molecule has 0 N–H and O–H groups in total. The van der Waals surface area contributed by atoms with Crippen molar-refractivity contribution < 1.29 is 18.7 Å². The lowest BCUT2D eigenvalue weighted by molar-refractivity contribution is 0.0709. The minimum absolute atomic E-state index is 0.0203. The largest absolute Gasteiger partial charge is 0.495 e. The predicted molar refractivity (Wildman–Crippen MR) is 155 cm³/mol. The van der Waals surface area contributed by atoms with Crippen molar-refractivity contribution in [2.24, 2.45) is 0 Å². The van der Waals surface area contributed by atoms with E-state index in [1.807, 2.05) is 88.8 Å². The molecule has 1 saturated heterocycles. The zero-order chi connectivity index (χ0) is 27.9. The number of amides is 2. The molecule has 1 aliphatic rings. The fourth-order valence-electron chi connectivity index (χ4n) is 5.17. The molecule has 0 unspecified atom stereocenters. The summed E-state index contributed by atoms with van der Waals surface area (Å²) in [5.41, 5.74) is 2.74. The normalized spacial score (nSPS) is 13.3. The van der Waals surface area contributed by atoms with Gasteiger partial charge in [-0.05, 0) is 55.0 Å². The van der Waals surface area contributed by atoms with E-state index in [-0.39, 0.29) is 11.8 Å². The summed E-state index contributed by atoms with van der Waals surface area (Å²) in [4.78, 5) is 32.3. The van der Waals surface area contributed by atoms with E-state index >= 15 is 0 Å². The van der Waals surface area contributed by atoms with Gasteiger partial charge in [-0.15, -0.1) is 0 Å². The van der Waals surface area contributed by atoms with Gasteiger partial charge in [0.15, 0.2) is 5.76 Å². The van der Waals surface area contributed by atoms with E-state index < -0.39 is 0 Å². The van der Waals surface area contributed by atoms with Crippen LogP contribution in [0.5, 0.6) is 5.75 Å². The molecule has 0 bridgehead atoms. The molecule has 0 spiro atoms. The van der Waals surface area contributed by atoms with Crippen LogP contribution in [-0.4, -0.2) is 66.0 Å². The summed E-state index contributed by atoms with van der Waals surface area (Å²) in [6.07, 6.45) is 2.85. The number of rotatable bonds is 10.